The highest BCUT2D eigenvalue weighted by molar-refractivity contribution is 5.32. The van der Waals surface area contributed by atoms with Gasteiger partial charge in [0.2, 0.25) is 0 Å². The molecule has 0 spiro atoms. The summed E-state index contributed by atoms with van der Waals surface area (Å²) < 4.78 is 13.2. The molecule has 0 aliphatic carbocycles. The van der Waals surface area contributed by atoms with Gasteiger partial charge in [-0.05, 0) is 32.3 Å². The van der Waals surface area contributed by atoms with Gasteiger partial charge < -0.3 is 10.0 Å². The van der Waals surface area contributed by atoms with Crippen molar-refractivity contribution in [3.8, 4) is 5.75 Å². The van der Waals surface area contributed by atoms with Gasteiger partial charge in [-0.25, -0.2) is 4.39 Å². The minimum atomic E-state index is -0.289. The van der Waals surface area contributed by atoms with Gasteiger partial charge in [0.1, 0.15) is 11.6 Å². The normalized spacial score (nSPS) is 17.8. The van der Waals surface area contributed by atoms with E-state index in [0.29, 0.717) is 12.1 Å². The maximum Gasteiger partial charge on any atom is 0.123 e. The molecule has 0 amide bonds. The van der Waals surface area contributed by atoms with Crippen molar-refractivity contribution >= 4 is 0 Å². The quantitative estimate of drug-likeness (QED) is 0.879. The number of halogens is 1. The standard InChI is InChI=1S/C15H24FN3O/c1-17(2)5-6-18-7-9-19(10-8-18)12-13-11-14(16)3-4-15(13)20/h3-4,11,20H,5-10,12H2,1-2H3. The molecule has 1 N–H and O–H groups in total. The average molecular weight is 281 g/mol. The largest absolute Gasteiger partial charge is 0.508 e. The van der Waals surface area contributed by atoms with E-state index in [4.69, 9.17) is 0 Å². The summed E-state index contributed by atoms with van der Waals surface area (Å²) in [6.07, 6.45) is 0. The van der Waals surface area contributed by atoms with Crippen LogP contribution in [0, 0.1) is 5.82 Å². The summed E-state index contributed by atoms with van der Waals surface area (Å²) in [5.74, 6) is -0.108. The van der Waals surface area contributed by atoms with Crippen LogP contribution >= 0.6 is 0 Å². The fourth-order valence-electron chi connectivity index (χ4n) is 2.43. The third kappa shape index (κ3) is 4.44. The van der Waals surface area contributed by atoms with Gasteiger partial charge in [0.05, 0.1) is 0 Å². The Balaban J connectivity index is 1.81. The molecule has 112 valence electrons. The van der Waals surface area contributed by atoms with Gasteiger partial charge in [-0.2, -0.15) is 0 Å². The Labute approximate surface area is 120 Å². The highest BCUT2D eigenvalue weighted by Gasteiger charge is 2.18. The predicted octanol–water partition coefficient (Wildman–Crippen LogP) is 1.21. The molecule has 0 bridgehead atoms. The van der Waals surface area contributed by atoms with E-state index in [-0.39, 0.29) is 11.6 Å². The van der Waals surface area contributed by atoms with Gasteiger partial charge in [-0.15, -0.1) is 0 Å². The minimum Gasteiger partial charge on any atom is -0.508 e. The lowest BCUT2D eigenvalue weighted by molar-refractivity contribution is 0.120. The lowest BCUT2D eigenvalue weighted by atomic mass is 10.1. The molecule has 1 aliphatic heterocycles. The molecule has 1 aliphatic rings. The monoisotopic (exact) mass is 281 g/mol. The Morgan fingerprint density at radius 3 is 2.45 bits per heavy atom. The molecule has 0 atom stereocenters. The first-order valence-electron chi connectivity index (χ1n) is 7.11. The fraction of sp³-hybridized carbons (Fsp3) is 0.600. The number of phenols is 1. The zero-order chi connectivity index (χ0) is 14.5. The van der Waals surface area contributed by atoms with Crippen LogP contribution in [0.2, 0.25) is 0 Å². The van der Waals surface area contributed by atoms with Crippen molar-refractivity contribution in [2.45, 2.75) is 6.54 Å². The maximum atomic E-state index is 13.2. The first-order valence-corrected chi connectivity index (χ1v) is 7.11. The number of hydrogen-bond acceptors (Lipinski definition) is 4. The predicted molar refractivity (Wildman–Crippen MR) is 78.3 cm³/mol. The van der Waals surface area contributed by atoms with Crippen molar-refractivity contribution in [2.75, 3.05) is 53.4 Å². The van der Waals surface area contributed by atoms with Crippen LogP contribution in [0.1, 0.15) is 5.56 Å². The molecule has 0 unspecified atom stereocenters. The van der Waals surface area contributed by atoms with Crippen molar-refractivity contribution in [1.29, 1.82) is 0 Å². The second kappa shape index (κ2) is 7.02. The van der Waals surface area contributed by atoms with Gasteiger partial charge in [-0.3, -0.25) is 9.80 Å². The summed E-state index contributed by atoms with van der Waals surface area (Å²) >= 11 is 0. The molecule has 0 radical (unpaired) electrons. The zero-order valence-electron chi connectivity index (χ0n) is 12.3. The highest BCUT2D eigenvalue weighted by Crippen LogP contribution is 2.20. The SMILES string of the molecule is CN(C)CCN1CCN(Cc2cc(F)ccc2O)CC1. The molecule has 20 heavy (non-hydrogen) atoms. The first-order chi connectivity index (χ1) is 9.54. The van der Waals surface area contributed by atoms with E-state index in [9.17, 15) is 9.50 Å². The summed E-state index contributed by atoms with van der Waals surface area (Å²) in [5.41, 5.74) is 0.673. The molecule has 1 saturated heterocycles. The molecular formula is C15H24FN3O. The topological polar surface area (TPSA) is 30.0 Å². The van der Waals surface area contributed by atoms with Crippen molar-refractivity contribution in [3.63, 3.8) is 0 Å². The van der Waals surface area contributed by atoms with Crippen LogP contribution in [-0.2, 0) is 6.54 Å². The van der Waals surface area contributed by atoms with E-state index in [1.807, 2.05) is 0 Å². The van der Waals surface area contributed by atoms with Crippen molar-refractivity contribution in [3.05, 3.63) is 29.6 Å². The molecule has 1 fully saturated rings. The van der Waals surface area contributed by atoms with E-state index in [0.717, 1.165) is 39.3 Å². The Hall–Kier alpha value is -1.17. The van der Waals surface area contributed by atoms with Crippen molar-refractivity contribution in [1.82, 2.24) is 14.7 Å². The summed E-state index contributed by atoms with van der Waals surface area (Å²) in [5, 5.41) is 9.75. The van der Waals surface area contributed by atoms with E-state index in [2.05, 4.69) is 28.8 Å². The molecule has 5 heteroatoms. The number of hydrogen-bond donors (Lipinski definition) is 1. The lowest BCUT2D eigenvalue weighted by Gasteiger charge is -2.35. The molecule has 4 nitrogen and oxygen atoms in total. The molecule has 0 saturated carbocycles. The number of aromatic hydroxyl groups is 1. The van der Waals surface area contributed by atoms with Gasteiger partial charge >= 0.3 is 0 Å². The highest BCUT2D eigenvalue weighted by atomic mass is 19.1. The molecule has 1 aromatic rings. The first kappa shape index (κ1) is 15.2. The summed E-state index contributed by atoms with van der Waals surface area (Å²) in [6, 6.07) is 4.14. The summed E-state index contributed by atoms with van der Waals surface area (Å²) in [6.45, 7) is 6.77. The van der Waals surface area contributed by atoms with Gasteiger partial charge in [0, 0.05) is 51.4 Å². The van der Waals surface area contributed by atoms with Gasteiger partial charge in [0.25, 0.3) is 0 Å². The molecule has 0 aromatic heterocycles. The van der Waals surface area contributed by atoms with Crippen LogP contribution in [0.5, 0.6) is 5.75 Å². The lowest BCUT2D eigenvalue weighted by Crippen LogP contribution is -2.47. The van der Waals surface area contributed by atoms with Crippen molar-refractivity contribution in [2.24, 2.45) is 0 Å². The van der Waals surface area contributed by atoms with Crippen LogP contribution in [0.4, 0.5) is 4.39 Å². The zero-order valence-corrected chi connectivity index (χ0v) is 12.3. The van der Waals surface area contributed by atoms with E-state index in [1.54, 1.807) is 0 Å². The van der Waals surface area contributed by atoms with E-state index < -0.39 is 0 Å². The number of piperazine rings is 1. The Morgan fingerprint density at radius 1 is 1.15 bits per heavy atom. The Kier molecular flexibility index (Phi) is 5.34. The second-order valence-corrected chi connectivity index (χ2v) is 5.69. The fourth-order valence-corrected chi connectivity index (χ4v) is 2.43. The van der Waals surface area contributed by atoms with Gasteiger partial charge in [-0.1, -0.05) is 0 Å². The van der Waals surface area contributed by atoms with Crippen LogP contribution < -0.4 is 0 Å². The number of benzene rings is 1. The molecule has 1 heterocycles. The van der Waals surface area contributed by atoms with Crippen LogP contribution in [0.15, 0.2) is 18.2 Å². The van der Waals surface area contributed by atoms with E-state index >= 15 is 0 Å². The number of likely N-dealkylation sites (N-methyl/N-ethyl adjacent to an activating group) is 1. The average Bonchev–Trinajstić information content (AvgIpc) is 2.42. The number of rotatable bonds is 5. The second-order valence-electron chi connectivity index (χ2n) is 5.69. The number of phenolic OH excluding ortho intramolecular Hbond substituents is 1. The summed E-state index contributed by atoms with van der Waals surface area (Å²) in [7, 11) is 4.17. The Morgan fingerprint density at radius 2 is 1.80 bits per heavy atom. The molecular weight excluding hydrogens is 257 g/mol. The smallest absolute Gasteiger partial charge is 0.123 e. The van der Waals surface area contributed by atoms with Crippen LogP contribution in [-0.4, -0.2) is 73.2 Å². The Bertz CT molecular complexity index is 431. The minimum absolute atomic E-state index is 0.182. The summed E-state index contributed by atoms with van der Waals surface area (Å²) in [4.78, 5) is 6.90. The molecule has 1 aromatic carbocycles. The third-order valence-corrected chi connectivity index (χ3v) is 3.76. The van der Waals surface area contributed by atoms with Crippen LogP contribution in [0.3, 0.4) is 0 Å². The molecule has 2 rings (SSSR count). The van der Waals surface area contributed by atoms with Crippen LogP contribution in [0.25, 0.3) is 0 Å². The maximum absolute atomic E-state index is 13.2. The van der Waals surface area contributed by atoms with E-state index in [1.165, 1.54) is 18.2 Å². The number of nitrogens with zero attached hydrogens (tertiary/aromatic N) is 3. The van der Waals surface area contributed by atoms with Crippen molar-refractivity contribution < 1.29 is 9.50 Å². The third-order valence-electron chi connectivity index (χ3n) is 3.76. The van der Waals surface area contributed by atoms with Gasteiger partial charge in [0.15, 0.2) is 0 Å².